The number of halogens is 5. The minimum Gasteiger partial charge on any atom is -0.356 e. The van der Waals surface area contributed by atoms with Gasteiger partial charge < -0.3 is 15.5 Å². The van der Waals surface area contributed by atoms with Gasteiger partial charge in [0.1, 0.15) is 5.82 Å². The molecule has 1 aliphatic rings. The van der Waals surface area contributed by atoms with Gasteiger partial charge in [0.15, 0.2) is 0 Å². The molecule has 26 heavy (non-hydrogen) atoms. The molecular formula is C16H25Cl2F3N4O. The minimum atomic E-state index is -4.37. The van der Waals surface area contributed by atoms with Crippen molar-refractivity contribution in [1.29, 1.82) is 0 Å². The molecule has 2 N–H and O–H groups in total. The first-order valence-electron chi connectivity index (χ1n) is 8.04. The van der Waals surface area contributed by atoms with Crippen LogP contribution in [-0.2, 0) is 11.0 Å². The van der Waals surface area contributed by atoms with Gasteiger partial charge in [0.05, 0.1) is 5.56 Å². The number of hydrogen-bond acceptors (Lipinski definition) is 4. The second-order valence-electron chi connectivity index (χ2n) is 6.13. The van der Waals surface area contributed by atoms with Crippen LogP contribution >= 0.6 is 24.8 Å². The lowest BCUT2D eigenvalue weighted by atomic mass is 10.0. The van der Waals surface area contributed by atoms with Crippen molar-refractivity contribution in [2.75, 3.05) is 31.6 Å². The number of nitrogens with one attached hydrogen (secondary N) is 2. The molecule has 1 aromatic rings. The summed E-state index contributed by atoms with van der Waals surface area (Å²) in [7, 11) is 1.80. The van der Waals surface area contributed by atoms with Gasteiger partial charge in [0, 0.05) is 37.8 Å². The van der Waals surface area contributed by atoms with E-state index in [1.54, 1.807) is 7.05 Å². The largest absolute Gasteiger partial charge is 0.417 e. The maximum Gasteiger partial charge on any atom is 0.417 e. The summed E-state index contributed by atoms with van der Waals surface area (Å²) in [5.74, 6) is 0.469. The number of aromatic nitrogens is 1. The van der Waals surface area contributed by atoms with Crippen molar-refractivity contribution in [1.82, 2.24) is 15.6 Å². The molecule has 0 aromatic carbocycles. The number of amides is 1. The smallest absolute Gasteiger partial charge is 0.356 e. The topological polar surface area (TPSA) is 57.3 Å². The molecule has 0 bridgehead atoms. The van der Waals surface area contributed by atoms with Gasteiger partial charge in [-0.3, -0.25) is 4.79 Å². The summed E-state index contributed by atoms with van der Waals surface area (Å²) in [6.45, 7) is 3.81. The van der Waals surface area contributed by atoms with Crippen LogP contribution in [0.3, 0.4) is 0 Å². The SMILES string of the molecule is CNCC(C)C(=O)NC1CCN(c2ccc(C(F)(F)F)cn2)CC1.Cl.Cl. The van der Waals surface area contributed by atoms with Crippen LogP contribution in [0.25, 0.3) is 0 Å². The number of piperidine rings is 1. The predicted octanol–water partition coefficient (Wildman–Crippen LogP) is 2.88. The van der Waals surface area contributed by atoms with Crippen molar-refractivity contribution in [2.45, 2.75) is 32.0 Å². The third kappa shape index (κ3) is 6.81. The molecule has 1 saturated heterocycles. The molecule has 1 atom stereocenters. The quantitative estimate of drug-likeness (QED) is 0.774. The number of hydrogen-bond donors (Lipinski definition) is 2. The summed E-state index contributed by atoms with van der Waals surface area (Å²) in [6, 6.07) is 2.55. The van der Waals surface area contributed by atoms with E-state index in [4.69, 9.17) is 0 Å². The van der Waals surface area contributed by atoms with Gasteiger partial charge in [0.25, 0.3) is 0 Å². The van der Waals surface area contributed by atoms with Crippen molar-refractivity contribution in [3.05, 3.63) is 23.9 Å². The average Bonchev–Trinajstić information content (AvgIpc) is 2.55. The second kappa shape index (κ2) is 10.8. The monoisotopic (exact) mass is 416 g/mol. The van der Waals surface area contributed by atoms with Crippen LogP contribution in [-0.4, -0.2) is 43.6 Å². The number of anilines is 1. The summed E-state index contributed by atoms with van der Waals surface area (Å²) < 4.78 is 37.7. The molecule has 1 amide bonds. The van der Waals surface area contributed by atoms with E-state index < -0.39 is 11.7 Å². The highest BCUT2D eigenvalue weighted by Crippen LogP contribution is 2.29. The molecule has 2 heterocycles. The Morgan fingerprint density at radius 3 is 2.38 bits per heavy atom. The molecule has 2 rings (SSSR count). The maximum atomic E-state index is 12.6. The Labute approximate surface area is 163 Å². The van der Waals surface area contributed by atoms with Crippen molar-refractivity contribution in [2.24, 2.45) is 5.92 Å². The summed E-state index contributed by atoms with van der Waals surface area (Å²) in [5.41, 5.74) is -0.744. The molecule has 1 aliphatic heterocycles. The summed E-state index contributed by atoms with van der Waals surface area (Å²) in [5, 5.41) is 6.00. The molecular weight excluding hydrogens is 392 g/mol. The lowest BCUT2D eigenvalue weighted by Crippen LogP contribution is -2.47. The van der Waals surface area contributed by atoms with E-state index in [2.05, 4.69) is 15.6 Å². The van der Waals surface area contributed by atoms with Crippen LogP contribution in [0.15, 0.2) is 18.3 Å². The van der Waals surface area contributed by atoms with E-state index in [1.165, 1.54) is 6.07 Å². The third-order valence-electron chi connectivity index (χ3n) is 4.20. The molecule has 1 fully saturated rings. The Hall–Kier alpha value is -1.25. The van der Waals surface area contributed by atoms with E-state index in [-0.39, 0.29) is 42.7 Å². The third-order valence-corrected chi connectivity index (χ3v) is 4.20. The molecule has 1 unspecified atom stereocenters. The summed E-state index contributed by atoms with van der Waals surface area (Å²) in [6.07, 6.45) is -2.00. The molecule has 0 spiro atoms. The van der Waals surface area contributed by atoms with Crippen LogP contribution in [0.1, 0.15) is 25.3 Å². The van der Waals surface area contributed by atoms with Crippen molar-refractivity contribution in [3.8, 4) is 0 Å². The van der Waals surface area contributed by atoms with Crippen molar-refractivity contribution < 1.29 is 18.0 Å². The Kier molecular flexibility index (Phi) is 10.3. The highest BCUT2D eigenvalue weighted by molar-refractivity contribution is 5.85. The van der Waals surface area contributed by atoms with E-state index in [0.717, 1.165) is 25.1 Å². The van der Waals surface area contributed by atoms with Gasteiger partial charge in [-0.1, -0.05) is 6.92 Å². The lowest BCUT2D eigenvalue weighted by molar-refractivity contribution is -0.137. The van der Waals surface area contributed by atoms with Crippen molar-refractivity contribution in [3.63, 3.8) is 0 Å². The number of pyridine rings is 1. The van der Waals surface area contributed by atoms with E-state index in [0.29, 0.717) is 25.5 Å². The van der Waals surface area contributed by atoms with E-state index >= 15 is 0 Å². The maximum absolute atomic E-state index is 12.6. The number of rotatable bonds is 5. The fourth-order valence-electron chi connectivity index (χ4n) is 2.74. The van der Waals surface area contributed by atoms with E-state index in [1.807, 2.05) is 11.8 Å². The number of carbonyl (C=O) groups excluding carboxylic acids is 1. The average molecular weight is 417 g/mol. The second-order valence-corrected chi connectivity index (χ2v) is 6.13. The molecule has 0 saturated carbocycles. The zero-order valence-corrected chi connectivity index (χ0v) is 16.3. The van der Waals surface area contributed by atoms with Crippen molar-refractivity contribution >= 4 is 36.5 Å². The fourth-order valence-corrected chi connectivity index (χ4v) is 2.74. The van der Waals surface area contributed by atoms with Gasteiger partial charge in [0.2, 0.25) is 5.91 Å². The Balaban J connectivity index is 0.00000312. The summed E-state index contributed by atoms with van der Waals surface area (Å²) in [4.78, 5) is 17.9. The fraction of sp³-hybridized carbons (Fsp3) is 0.625. The molecule has 0 radical (unpaired) electrons. The predicted molar refractivity (Wildman–Crippen MR) is 100 cm³/mol. The lowest BCUT2D eigenvalue weighted by Gasteiger charge is -2.33. The minimum absolute atomic E-state index is 0. The van der Waals surface area contributed by atoms with E-state index in [9.17, 15) is 18.0 Å². The molecule has 5 nitrogen and oxygen atoms in total. The Morgan fingerprint density at radius 1 is 1.31 bits per heavy atom. The molecule has 1 aromatic heterocycles. The molecule has 150 valence electrons. The summed E-state index contributed by atoms with van der Waals surface area (Å²) >= 11 is 0. The van der Waals surface area contributed by atoms with Gasteiger partial charge >= 0.3 is 6.18 Å². The molecule has 10 heteroatoms. The normalized spacial score (nSPS) is 16.3. The number of nitrogens with zero attached hydrogens (tertiary/aromatic N) is 2. The zero-order chi connectivity index (χ0) is 17.7. The zero-order valence-electron chi connectivity index (χ0n) is 14.7. The first kappa shape index (κ1) is 24.8. The first-order valence-corrected chi connectivity index (χ1v) is 8.04. The first-order chi connectivity index (χ1) is 11.3. The highest BCUT2D eigenvalue weighted by atomic mass is 35.5. The van der Waals surface area contributed by atoms with Gasteiger partial charge in [-0.15, -0.1) is 24.8 Å². The number of carbonyl (C=O) groups is 1. The van der Waals surface area contributed by atoms with Gasteiger partial charge in [-0.2, -0.15) is 13.2 Å². The van der Waals surface area contributed by atoms with Crippen LogP contribution in [0.5, 0.6) is 0 Å². The van der Waals surface area contributed by atoms with Gasteiger partial charge in [-0.05, 0) is 32.0 Å². The Morgan fingerprint density at radius 2 is 1.92 bits per heavy atom. The van der Waals surface area contributed by atoms with Gasteiger partial charge in [-0.25, -0.2) is 4.98 Å². The number of alkyl halides is 3. The highest BCUT2D eigenvalue weighted by Gasteiger charge is 2.31. The molecule has 0 aliphatic carbocycles. The van der Waals surface area contributed by atoms with Crippen LogP contribution in [0, 0.1) is 5.92 Å². The standard InChI is InChI=1S/C16H23F3N4O.2ClH/c1-11(9-20-2)15(24)22-13-5-7-23(8-6-13)14-4-3-12(10-21-14)16(17,18)19;;/h3-4,10-11,13,20H,5-9H2,1-2H3,(H,22,24);2*1H. The van der Waals surface area contributed by atoms with Crippen LogP contribution in [0.2, 0.25) is 0 Å². The van der Waals surface area contributed by atoms with Crippen LogP contribution < -0.4 is 15.5 Å². The van der Waals surface area contributed by atoms with Crippen LogP contribution in [0.4, 0.5) is 19.0 Å². The Bertz CT molecular complexity index is 549.